The van der Waals surface area contributed by atoms with E-state index in [-0.39, 0.29) is 18.6 Å². The second-order valence-electron chi connectivity index (χ2n) is 4.03. The van der Waals surface area contributed by atoms with Crippen molar-refractivity contribution in [3.8, 4) is 0 Å². The predicted molar refractivity (Wildman–Crippen MR) is 55.5 cm³/mol. The summed E-state index contributed by atoms with van der Waals surface area (Å²) in [4.78, 5) is 10.9. The van der Waals surface area contributed by atoms with E-state index in [0.717, 1.165) is 6.42 Å². The number of amides is 1. The van der Waals surface area contributed by atoms with Gasteiger partial charge in [-0.15, -0.1) is 0 Å². The molecule has 1 rings (SSSR count). The van der Waals surface area contributed by atoms with Crippen molar-refractivity contribution in [1.82, 2.24) is 10.6 Å². The fourth-order valence-corrected chi connectivity index (χ4v) is 1.59. The maximum atomic E-state index is 11.7. The van der Waals surface area contributed by atoms with Gasteiger partial charge in [-0.05, 0) is 19.4 Å². The Morgan fingerprint density at radius 1 is 1.47 bits per heavy atom. The van der Waals surface area contributed by atoms with Gasteiger partial charge in [0.25, 0.3) is 0 Å². The van der Waals surface area contributed by atoms with Gasteiger partial charge in [0.05, 0.1) is 0 Å². The molecule has 1 fully saturated rings. The van der Waals surface area contributed by atoms with Crippen LogP contribution < -0.4 is 10.6 Å². The standard InChI is InChI=1S/C10H17F3N2O2/c11-10(12,13)7-17-5-1-4-14-6-8-2-3-9(16)15-8/h8,14H,1-7H2,(H,15,16). The number of hydrogen-bond donors (Lipinski definition) is 2. The summed E-state index contributed by atoms with van der Waals surface area (Å²) in [6, 6.07) is 0.151. The minimum atomic E-state index is -4.25. The van der Waals surface area contributed by atoms with Gasteiger partial charge >= 0.3 is 6.18 Å². The molecule has 0 saturated carbocycles. The molecule has 0 radical (unpaired) electrons. The van der Waals surface area contributed by atoms with E-state index in [1.807, 2.05) is 0 Å². The van der Waals surface area contributed by atoms with E-state index in [4.69, 9.17) is 0 Å². The maximum absolute atomic E-state index is 11.7. The third-order valence-electron chi connectivity index (χ3n) is 2.38. The molecular formula is C10H17F3N2O2. The number of rotatable bonds is 7. The van der Waals surface area contributed by atoms with Gasteiger partial charge in [-0.3, -0.25) is 4.79 Å². The highest BCUT2D eigenvalue weighted by Gasteiger charge is 2.27. The molecule has 0 spiro atoms. The van der Waals surface area contributed by atoms with E-state index < -0.39 is 12.8 Å². The number of ether oxygens (including phenoxy) is 1. The molecular weight excluding hydrogens is 237 g/mol. The van der Waals surface area contributed by atoms with Crippen LogP contribution in [0, 0.1) is 0 Å². The molecule has 0 aromatic heterocycles. The van der Waals surface area contributed by atoms with Crippen LogP contribution in [0.3, 0.4) is 0 Å². The van der Waals surface area contributed by atoms with Crippen LogP contribution in [-0.2, 0) is 9.53 Å². The minimum absolute atomic E-state index is 0.0605. The second-order valence-corrected chi connectivity index (χ2v) is 4.03. The average molecular weight is 254 g/mol. The number of nitrogens with one attached hydrogen (secondary N) is 2. The zero-order valence-electron chi connectivity index (χ0n) is 9.48. The first-order chi connectivity index (χ1) is 7.97. The molecule has 1 heterocycles. The molecule has 1 aliphatic heterocycles. The first-order valence-electron chi connectivity index (χ1n) is 5.62. The van der Waals surface area contributed by atoms with Crippen LogP contribution >= 0.6 is 0 Å². The maximum Gasteiger partial charge on any atom is 0.411 e. The Bertz CT molecular complexity index is 246. The number of carbonyl (C=O) groups is 1. The monoisotopic (exact) mass is 254 g/mol. The molecule has 7 heteroatoms. The van der Waals surface area contributed by atoms with Crippen molar-refractivity contribution in [3.05, 3.63) is 0 Å². The topological polar surface area (TPSA) is 50.4 Å². The van der Waals surface area contributed by atoms with Gasteiger partial charge in [0, 0.05) is 25.6 Å². The SMILES string of the molecule is O=C1CCC(CNCCCOCC(F)(F)F)N1. The van der Waals surface area contributed by atoms with Crippen molar-refractivity contribution in [3.63, 3.8) is 0 Å². The Morgan fingerprint density at radius 2 is 2.24 bits per heavy atom. The van der Waals surface area contributed by atoms with Crippen LogP contribution in [0.25, 0.3) is 0 Å². The third-order valence-corrected chi connectivity index (χ3v) is 2.38. The van der Waals surface area contributed by atoms with Crippen molar-refractivity contribution in [2.24, 2.45) is 0 Å². The Balaban J connectivity index is 1.86. The van der Waals surface area contributed by atoms with E-state index in [2.05, 4.69) is 15.4 Å². The third kappa shape index (κ3) is 7.17. The van der Waals surface area contributed by atoms with Crippen LogP contribution in [0.5, 0.6) is 0 Å². The number of hydrogen-bond acceptors (Lipinski definition) is 3. The highest BCUT2D eigenvalue weighted by Crippen LogP contribution is 2.14. The van der Waals surface area contributed by atoms with Crippen molar-refractivity contribution in [2.75, 3.05) is 26.3 Å². The minimum Gasteiger partial charge on any atom is -0.372 e. The molecule has 4 nitrogen and oxygen atoms in total. The molecule has 100 valence electrons. The lowest BCUT2D eigenvalue weighted by molar-refractivity contribution is -0.173. The zero-order chi connectivity index (χ0) is 12.7. The molecule has 0 aromatic rings. The Hall–Kier alpha value is -0.820. The van der Waals surface area contributed by atoms with Gasteiger partial charge in [-0.25, -0.2) is 0 Å². The van der Waals surface area contributed by atoms with Gasteiger partial charge in [0.15, 0.2) is 0 Å². The molecule has 1 unspecified atom stereocenters. The van der Waals surface area contributed by atoms with E-state index in [1.54, 1.807) is 0 Å². The molecule has 1 saturated heterocycles. The summed E-state index contributed by atoms with van der Waals surface area (Å²) in [6.45, 7) is 0.143. The molecule has 0 aromatic carbocycles. The molecule has 2 N–H and O–H groups in total. The fraction of sp³-hybridized carbons (Fsp3) is 0.900. The van der Waals surface area contributed by atoms with Crippen molar-refractivity contribution < 1.29 is 22.7 Å². The van der Waals surface area contributed by atoms with Gasteiger partial charge in [0.1, 0.15) is 6.61 Å². The summed E-state index contributed by atoms with van der Waals surface area (Å²) in [5, 5.41) is 5.86. The lowest BCUT2D eigenvalue weighted by Gasteiger charge is -2.11. The van der Waals surface area contributed by atoms with Crippen molar-refractivity contribution in [1.29, 1.82) is 0 Å². The summed E-state index contributed by atoms with van der Waals surface area (Å²) in [5.41, 5.74) is 0. The van der Waals surface area contributed by atoms with Crippen LogP contribution in [0.4, 0.5) is 13.2 Å². The van der Waals surface area contributed by atoms with Crippen molar-refractivity contribution in [2.45, 2.75) is 31.5 Å². The number of halogens is 3. The Kier molecular flexibility index (Phi) is 5.70. The van der Waals surface area contributed by atoms with E-state index in [9.17, 15) is 18.0 Å². The molecule has 17 heavy (non-hydrogen) atoms. The van der Waals surface area contributed by atoms with Crippen molar-refractivity contribution >= 4 is 5.91 Å². The van der Waals surface area contributed by atoms with Crippen LogP contribution in [0.2, 0.25) is 0 Å². The van der Waals surface area contributed by atoms with E-state index in [0.29, 0.717) is 25.9 Å². The predicted octanol–water partition coefficient (Wildman–Crippen LogP) is 0.824. The number of carbonyl (C=O) groups excluding carboxylic acids is 1. The van der Waals surface area contributed by atoms with Crippen LogP contribution in [0.1, 0.15) is 19.3 Å². The lowest BCUT2D eigenvalue weighted by atomic mass is 10.2. The highest BCUT2D eigenvalue weighted by atomic mass is 19.4. The Labute approximate surface area is 97.9 Å². The summed E-state index contributed by atoms with van der Waals surface area (Å²) in [7, 11) is 0. The molecule has 0 aliphatic carbocycles. The Morgan fingerprint density at radius 3 is 2.82 bits per heavy atom. The molecule has 1 aliphatic rings. The summed E-state index contributed by atoms with van der Waals surface area (Å²) < 4.78 is 39.5. The van der Waals surface area contributed by atoms with Gasteiger partial charge in [-0.1, -0.05) is 0 Å². The van der Waals surface area contributed by atoms with Crippen LogP contribution in [0.15, 0.2) is 0 Å². The van der Waals surface area contributed by atoms with Crippen LogP contribution in [-0.4, -0.2) is 44.4 Å². The lowest BCUT2D eigenvalue weighted by Crippen LogP contribution is -2.36. The molecule has 1 amide bonds. The number of alkyl halides is 3. The smallest absolute Gasteiger partial charge is 0.372 e. The first kappa shape index (κ1) is 14.2. The normalized spacial score (nSPS) is 20.6. The summed E-state index contributed by atoms with van der Waals surface area (Å²) in [6.07, 6.45) is -2.35. The highest BCUT2D eigenvalue weighted by molar-refractivity contribution is 5.78. The molecule has 1 atom stereocenters. The summed E-state index contributed by atoms with van der Waals surface area (Å²) >= 11 is 0. The van der Waals surface area contributed by atoms with E-state index in [1.165, 1.54) is 0 Å². The van der Waals surface area contributed by atoms with Gasteiger partial charge in [0.2, 0.25) is 5.91 Å². The fourth-order valence-electron chi connectivity index (χ4n) is 1.59. The van der Waals surface area contributed by atoms with Gasteiger partial charge < -0.3 is 15.4 Å². The first-order valence-corrected chi connectivity index (χ1v) is 5.62. The summed E-state index contributed by atoms with van der Waals surface area (Å²) in [5.74, 6) is 0.0605. The van der Waals surface area contributed by atoms with E-state index >= 15 is 0 Å². The average Bonchev–Trinajstić information content (AvgIpc) is 2.61. The second kappa shape index (κ2) is 6.80. The zero-order valence-corrected chi connectivity index (χ0v) is 9.48. The van der Waals surface area contributed by atoms with Gasteiger partial charge in [-0.2, -0.15) is 13.2 Å². The quantitative estimate of drug-likeness (QED) is 0.661. The largest absolute Gasteiger partial charge is 0.411 e. The molecule has 0 bridgehead atoms.